The van der Waals surface area contributed by atoms with Gasteiger partial charge >= 0.3 is 16.5 Å². The quantitative estimate of drug-likeness (QED) is 0.375. The Morgan fingerprint density at radius 2 is 0.600 bits per heavy atom. The van der Waals surface area contributed by atoms with Crippen LogP contribution in [0.5, 0.6) is 0 Å². The summed E-state index contributed by atoms with van der Waals surface area (Å²) in [5.41, 5.74) is 0. The van der Waals surface area contributed by atoms with Gasteiger partial charge < -0.3 is 14.9 Å². The molecule has 0 spiro atoms. The van der Waals surface area contributed by atoms with Crippen LogP contribution in [-0.4, -0.2) is 0 Å². The second kappa shape index (κ2) is 73.1. The van der Waals surface area contributed by atoms with Crippen molar-refractivity contribution in [2.24, 2.45) is 0 Å². The van der Waals surface area contributed by atoms with Crippen LogP contribution in [-0.2, 0) is 16.5 Å². The summed E-state index contributed by atoms with van der Waals surface area (Å²) in [6.45, 7) is 0. The minimum atomic E-state index is 0. The summed E-state index contributed by atoms with van der Waals surface area (Å²) in [6, 6.07) is 0. The number of rotatable bonds is 0. The minimum absolute atomic E-state index is 0. The molecule has 0 saturated carbocycles. The third kappa shape index (κ3) is 41.6. The Balaban J connectivity index is 0. The van der Waals surface area contributed by atoms with Gasteiger partial charge in [0.2, 0.25) is 0 Å². The Bertz CT molecular complexity index is 7.61. The molecule has 5 heavy (non-hydrogen) atoms. The molecule has 0 atom stereocenters. The van der Waals surface area contributed by atoms with Crippen molar-refractivity contribution < 1.29 is 16.5 Å². The molecule has 3 heteroatoms. The molecule has 0 aromatic rings. The fourth-order valence-corrected chi connectivity index (χ4v) is 0. The normalized spacial score (nSPS) is 0. The number of halogens is 2. The zero-order chi connectivity index (χ0) is 0. The molecule has 0 aromatic heterocycles. The summed E-state index contributed by atoms with van der Waals surface area (Å²) in [6.07, 6.45) is 0. The molecule has 0 aliphatic rings. The molecule has 0 nitrogen and oxygen atoms in total. The second-order valence-electron chi connectivity index (χ2n) is 0. The third-order valence-corrected chi connectivity index (χ3v) is 0. The Hall–Kier alpha value is 1.07. The van der Waals surface area contributed by atoms with E-state index >= 15 is 0 Å². The third-order valence-electron chi connectivity index (χ3n) is 0. The molecule has 0 amide bonds. The van der Waals surface area contributed by atoms with Crippen LogP contribution in [0.3, 0.4) is 0 Å². The maximum absolute atomic E-state index is 0. The molecule has 0 N–H and O–H groups in total. The molecule has 0 aliphatic heterocycles. The summed E-state index contributed by atoms with van der Waals surface area (Å²) >= 11 is 0. The van der Waals surface area contributed by atoms with Gasteiger partial charge in [-0.3, -0.25) is 0 Å². The first kappa shape index (κ1) is 136. The van der Waals surface area contributed by atoms with Gasteiger partial charge in [0.1, 0.15) is 0 Å². The van der Waals surface area contributed by atoms with Gasteiger partial charge in [-0.25, -0.2) is 0 Å². The second-order valence-corrected chi connectivity index (χ2v) is 0. The maximum Gasteiger partial charge on any atom is 2.00 e. The van der Waals surface area contributed by atoms with Crippen molar-refractivity contribution in [3.63, 3.8) is 0 Å². The van der Waals surface area contributed by atoms with Gasteiger partial charge in [0.25, 0.3) is 0 Å². The summed E-state index contributed by atoms with van der Waals surface area (Å²) < 4.78 is 0. The predicted octanol–water partition coefficient (Wildman–Crippen LogP) is 1.74. The average Bonchev–Trinajstić information content (AvgIpc) is 0. The Morgan fingerprint density at radius 1 is 0.600 bits per heavy atom. The first-order chi connectivity index (χ1) is 0. The largest absolute Gasteiger partial charge is 2.00 e. The van der Waals surface area contributed by atoms with Crippen molar-refractivity contribution in [1.29, 1.82) is 0 Å². The van der Waals surface area contributed by atoms with Crippen LogP contribution in [0.1, 0.15) is 0 Å². The van der Waals surface area contributed by atoms with Crippen LogP contribution in [0.2, 0.25) is 0 Å². The molecule has 0 bridgehead atoms. The van der Waals surface area contributed by atoms with Gasteiger partial charge in [0, 0.05) is 0 Å². The molecular weight excluding hydrogens is 154 g/mol. The van der Waals surface area contributed by atoms with Crippen molar-refractivity contribution in [2.45, 2.75) is 0 Å². The zero-order valence-corrected chi connectivity index (χ0v) is 5.75. The van der Waals surface area contributed by atoms with Crippen molar-refractivity contribution in [3.8, 4) is 0 Å². The van der Waals surface area contributed by atoms with E-state index in [0.717, 1.165) is 0 Å². The Morgan fingerprint density at radius 3 is 0.600 bits per heavy atom. The summed E-state index contributed by atoms with van der Waals surface area (Å²) in [5, 5.41) is 0. The molecule has 0 rings (SSSR count). The molecule has 0 aromatic carbocycles. The van der Waals surface area contributed by atoms with Crippen LogP contribution in [0.25, 0.3) is 0 Å². The van der Waals surface area contributed by atoms with Gasteiger partial charge in [0.15, 0.2) is 0 Å². The molecule has 0 heterocycles. The van der Waals surface area contributed by atoms with Crippen LogP contribution in [0.15, 0.2) is 0 Å². The smallest absolute Gasteiger partial charge is 0.358 e. The van der Waals surface area contributed by atoms with Crippen LogP contribution < -0.4 is 0 Å². The van der Waals surface area contributed by atoms with Gasteiger partial charge in [-0.1, -0.05) is 0 Å². The molecule has 0 aliphatic carbocycles. The van der Waals surface area contributed by atoms with Gasteiger partial charge in [-0.05, 0) is 0 Å². The van der Waals surface area contributed by atoms with E-state index in [1.54, 1.807) is 0 Å². The topological polar surface area (TPSA) is 0 Å². The van der Waals surface area contributed by atoms with Crippen molar-refractivity contribution in [3.05, 3.63) is 14.9 Å². The fraction of sp³-hybridized carbons (Fsp3) is 0. The standard InChI is InChI=1S/2CH3.2ClH.Ni/h2*1H3;2*1H;/q2*-1;;;+2. The van der Waals surface area contributed by atoms with E-state index in [2.05, 4.69) is 0 Å². The number of hydrogen-bond acceptors (Lipinski definition) is 0. The SMILES string of the molecule is Cl.Cl.[CH3-].[CH3-].[Ni+2]. The van der Waals surface area contributed by atoms with E-state index in [9.17, 15) is 0 Å². The molecule has 0 fully saturated rings. The minimum Gasteiger partial charge on any atom is -0.358 e. The molecule has 40 valence electrons. The molecule has 0 radical (unpaired) electrons. The predicted molar refractivity (Wildman–Crippen MR) is 27.3 cm³/mol. The maximum atomic E-state index is 0. The van der Waals surface area contributed by atoms with E-state index in [0.29, 0.717) is 0 Å². The van der Waals surface area contributed by atoms with Crippen LogP contribution in [0.4, 0.5) is 0 Å². The van der Waals surface area contributed by atoms with Gasteiger partial charge in [-0.2, -0.15) is 0 Å². The summed E-state index contributed by atoms with van der Waals surface area (Å²) in [4.78, 5) is 0. The summed E-state index contributed by atoms with van der Waals surface area (Å²) in [5.74, 6) is 0. The van der Waals surface area contributed by atoms with Gasteiger partial charge in [0.05, 0.1) is 0 Å². The van der Waals surface area contributed by atoms with Crippen molar-refractivity contribution in [1.82, 2.24) is 0 Å². The van der Waals surface area contributed by atoms with E-state index < -0.39 is 0 Å². The summed E-state index contributed by atoms with van der Waals surface area (Å²) in [7, 11) is 0. The van der Waals surface area contributed by atoms with Crippen LogP contribution >= 0.6 is 24.8 Å². The number of hydrogen-bond donors (Lipinski definition) is 0. The van der Waals surface area contributed by atoms with E-state index in [4.69, 9.17) is 0 Å². The zero-order valence-electron chi connectivity index (χ0n) is 3.13. The van der Waals surface area contributed by atoms with E-state index in [-0.39, 0.29) is 56.2 Å². The molecule has 0 saturated heterocycles. The van der Waals surface area contributed by atoms with Gasteiger partial charge in [-0.15, -0.1) is 24.8 Å². The van der Waals surface area contributed by atoms with Crippen LogP contribution in [0, 0.1) is 14.9 Å². The first-order valence-electron chi connectivity index (χ1n) is 0. The van der Waals surface area contributed by atoms with E-state index in [1.807, 2.05) is 0 Å². The monoisotopic (exact) mass is 160 g/mol. The molecule has 0 unspecified atom stereocenters. The Labute approximate surface area is 56.5 Å². The fourth-order valence-electron chi connectivity index (χ4n) is 0. The van der Waals surface area contributed by atoms with E-state index in [1.165, 1.54) is 0 Å². The molecular formula is C2H8Cl2Ni. The van der Waals surface area contributed by atoms with Crippen molar-refractivity contribution in [2.75, 3.05) is 0 Å². The van der Waals surface area contributed by atoms with Crippen molar-refractivity contribution >= 4 is 24.8 Å². The average molecular weight is 162 g/mol. The Kier molecular flexibility index (Phi) is 1980. The first-order valence-corrected chi connectivity index (χ1v) is 0.